The number of nitrogens with one attached hydrogen (secondary N) is 3. The van der Waals surface area contributed by atoms with Crippen LogP contribution >= 0.6 is 0 Å². The molecule has 1 aliphatic heterocycles. The van der Waals surface area contributed by atoms with Crippen molar-refractivity contribution in [3.8, 4) is 5.75 Å². The first-order valence-electron chi connectivity index (χ1n) is 28.7. The predicted octanol–water partition coefficient (Wildman–Crippen LogP) is 9.04. The molecule has 2 aromatic carbocycles. The van der Waals surface area contributed by atoms with Crippen molar-refractivity contribution in [1.82, 2.24) is 25.3 Å². The molecule has 11 atom stereocenters. The van der Waals surface area contributed by atoms with Gasteiger partial charge in [-0.05, 0) is 80.0 Å². The molecule has 0 spiro atoms. The Bertz CT molecular complexity index is 2330. The van der Waals surface area contributed by atoms with E-state index in [4.69, 9.17) is 18.9 Å². The lowest BCUT2D eigenvalue weighted by Gasteiger charge is -2.41. The number of aliphatic hydroxyl groups excluding tert-OH is 1. The number of ketones is 2. The van der Waals surface area contributed by atoms with Crippen LogP contribution in [0, 0.1) is 29.6 Å². The van der Waals surface area contributed by atoms with Crippen LogP contribution in [0.4, 0.5) is 15.3 Å². The zero-order valence-corrected chi connectivity index (χ0v) is 49.5. The second-order valence-corrected chi connectivity index (χ2v) is 22.4. The summed E-state index contributed by atoms with van der Waals surface area (Å²) in [6.07, 6.45) is 7.42. The lowest BCUT2D eigenvalue weighted by atomic mass is 9.83. The quantitative estimate of drug-likeness (QED) is 0.0559. The molecule has 18 heteroatoms. The highest BCUT2D eigenvalue weighted by molar-refractivity contribution is 5.92. The van der Waals surface area contributed by atoms with Crippen molar-refractivity contribution < 1.29 is 57.6 Å². The van der Waals surface area contributed by atoms with Crippen molar-refractivity contribution in [1.29, 1.82) is 0 Å². The fourth-order valence-electron chi connectivity index (χ4n) is 11.1. The summed E-state index contributed by atoms with van der Waals surface area (Å²) in [6, 6.07) is 11.3. The van der Waals surface area contributed by atoms with Crippen LogP contribution < -0.4 is 20.7 Å². The van der Waals surface area contributed by atoms with Gasteiger partial charge >= 0.3 is 12.2 Å². The number of hydrogen-bond donors (Lipinski definition) is 4. The van der Waals surface area contributed by atoms with E-state index < -0.39 is 66.5 Å². The van der Waals surface area contributed by atoms with Crippen LogP contribution in [0.25, 0.3) is 0 Å². The number of carbonyl (C=O) groups excluding carboxylic acids is 7. The molecule has 0 bridgehead atoms. The normalized spacial score (nSPS) is 19.5. The molecule has 1 fully saturated rings. The van der Waals surface area contributed by atoms with Crippen LogP contribution in [0.3, 0.4) is 0 Å². The van der Waals surface area contributed by atoms with Gasteiger partial charge in [0.15, 0.2) is 17.3 Å². The van der Waals surface area contributed by atoms with E-state index in [0.29, 0.717) is 49.0 Å². The summed E-state index contributed by atoms with van der Waals surface area (Å²) in [4.78, 5) is 101. The molecule has 18 nitrogen and oxygen atoms in total. The number of ether oxygens (including phenoxy) is 4. The SMILES string of the molecule is CCC(=O)CNc1cc(COC(=O)N(C)[C@H](C(=O)C[C@H](C(=O)N(C)[C@@H]([C@@H](C)CC)[C@@H](CC(=O)N2CCC[C@H]2[C@H](OC)[C@@H](C)C(=O)N[C@H](C)[C@@H](O)c2ccccc2)OC)C(C)C)C(C)C)ccc1OC(=O)NC1/C=C/CCCCC1. The highest BCUT2D eigenvalue weighted by Crippen LogP contribution is 2.32. The van der Waals surface area contributed by atoms with E-state index >= 15 is 0 Å². The molecule has 440 valence electrons. The third-order valence-electron chi connectivity index (χ3n) is 16.0. The van der Waals surface area contributed by atoms with Gasteiger partial charge in [0.05, 0.1) is 73.1 Å². The Labute approximate surface area is 470 Å². The average molecular weight is 1100 g/mol. The van der Waals surface area contributed by atoms with Crippen molar-refractivity contribution in [3.63, 3.8) is 0 Å². The molecule has 0 radical (unpaired) electrons. The van der Waals surface area contributed by atoms with E-state index in [2.05, 4.69) is 22.0 Å². The van der Waals surface area contributed by atoms with Crippen LogP contribution in [-0.4, -0.2) is 145 Å². The number of likely N-dealkylation sites (tertiary alicyclic amines) is 1. The third kappa shape index (κ3) is 18.9. The van der Waals surface area contributed by atoms with Gasteiger partial charge in [-0.15, -0.1) is 0 Å². The molecule has 1 aliphatic carbocycles. The van der Waals surface area contributed by atoms with Crippen LogP contribution in [-0.2, 0) is 44.8 Å². The first-order valence-corrected chi connectivity index (χ1v) is 28.7. The van der Waals surface area contributed by atoms with Gasteiger partial charge in [0.1, 0.15) is 6.61 Å². The number of likely N-dealkylation sites (N-methyl/N-ethyl adjacent to an activating group) is 2. The molecule has 5 amide bonds. The first-order chi connectivity index (χ1) is 37.6. The Hall–Kier alpha value is -5.85. The van der Waals surface area contributed by atoms with E-state index in [-0.39, 0.29) is 84.8 Å². The lowest BCUT2D eigenvalue weighted by Crippen LogP contribution is -2.55. The summed E-state index contributed by atoms with van der Waals surface area (Å²) in [6.45, 7) is 17.0. The van der Waals surface area contributed by atoms with Crippen molar-refractivity contribution >= 4 is 47.2 Å². The minimum absolute atomic E-state index is 0.00696. The molecule has 2 aliphatic rings. The number of Topliss-reactive ketones (excluding diaryl/α,β-unsaturated/α-hetero) is 2. The fourth-order valence-corrected chi connectivity index (χ4v) is 11.1. The first kappa shape index (κ1) is 65.7. The smallest absolute Gasteiger partial charge is 0.413 e. The van der Waals surface area contributed by atoms with Crippen LogP contribution in [0.15, 0.2) is 60.7 Å². The van der Waals surface area contributed by atoms with Crippen molar-refractivity contribution in [2.75, 3.05) is 46.7 Å². The number of methoxy groups -OCH3 is 2. The van der Waals surface area contributed by atoms with E-state index in [1.807, 2.05) is 65.8 Å². The van der Waals surface area contributed by atoms with E-state index in [0.717, 1.165) is 32.1 Å². The van der Waals surface area contributed by atoms with Crippen LogP contribution in [0.2, 0.25) is 0 Å². The molecule has 4 N–H and O–H groups in total. The van der Waals surface area contributed by atoms with E-state index in [1.165, 1.54) is 26.2 Å². The van der Waals surface area contributed by atoms with Gasteiger partial charge in [-0.25, -0.2) is 9.59 Å². The van der Waals surface area contributed by atoms with Crippen molar-refractivity contribution in [3.05, 3.63) is 71.8 Å². The summed E-state index contributed by atoms with van der Waals surface area (Å²) in [5.74, 6) is -3.14. The van der Waals surface area contributed by atoms with Gasteiger partial charge in [0.2, 0.25) is 17.7 Å². The van der Waals surface area contributed by atoms with Crippen LogP contribution in [0.5, 0.6) is 5.75 Å². The fraction of sp³-hybridized carbons (Fsp3) is 0.656. The minimum Gasteiger partial charge on any atom is -0.445 e. The standard InChI is InChI=1S/C61H94N6O12/c1-14-40(7)55(52(76-12)35-53(70)67-32-24-29-49(67)57(77-13)41(8)58(72)63-42(9)56(71)44-25-20-19-21-26-44)65(10)59(73)47(38(3)4)34-50(69)54(39(5)6)66(11)61(75)78-37-43-30-31-51(48(33-43)62-36-46(68)15-2)79-60(74)64-45-27-22-17-16-18-23-28-45/h19-22,25-27,30-31,33,38-42,45,47,49,52,54-57,62,71H,14-18,23-24,28-29,32,34-37H2,1-13H3,(H,63,72)(H,64,74)/b27-22+/t40-,41+,42+,45?,47-,49-,52+,54-,55-,56+,57+/m0/s1. The Kier molecular flexibility index (Phi) is 26.9. The van der Waals surface area contributed by atoms with Gasteiger partial charge in [0, 0.05) is 53.6 Å². The third-order valence-corrected chi connectivity index (χ3v) is 16.0. The molecule has 4 rings (SSSR count). The molecule has 0 saturated carbocycles. The van der Waals surface area contributed by atoms with Gasteiger partial charge < -0.3 is 54.7 Å². The highest BCUT2D eigenvalue weighted by Gasteiger charge is 2.44. The second-order valence-electron chi connectivity index (χ2n) is 22.4. The summed E-state index contributed by atoms with van der Waals surface area (Å²) < 4.78 is 23.6. The van der Waals surface area contributed by atoms with Crippen LogP contribution in [0.1, 0.15) is 150 Å². The summed E-state index contributed by atoms with van der Waals surface area (Å²) in [5, 5.41) is 19.9. The number of rotatable bonds is 29. The number of hydrogen-bond acceptors (Lipinski definition) is 13. The number of allylic oxidation sites excluding steroid dienone is 1. The maximum absolute atomic E-state index is 14.8. The molecule has 1 heterocycles. The number of carbonyl (C=O) groups is 7. The number of aliphatic hydroxyl groups is 1. The molecular weight excluding hydrogens is 1010 g/mol. The molecule has 79 heavy (non-hydrogen) atoms. The number of anilines is 1. The lowest BCUT2D eigenvalue weighted by molar-refractivity contribution is -0.149. The zero-order chi connectivity index (χ0) is 58.5. The highest BCUT2D eigenvalue weighted by atomic mass is 16.6. The molecule has 0 aromatic heterocycles. The predicted molar refractivity (Wildman–Crippen MR) is 305 cm³/mol. The maximum Gasteiger partial charge on any atom is 0.413 e. The summed E-state index contributed by atoms with van der Waals surface area (Å²) in [5.41, 5.74) is 1.59. The average Bonchev–Trinajstić information content (AvgIpc) is 3.93. The number of nitrogens with zero attached hydrogens (tertiary/aromatic N) is 3. The van der Waals surface area contributed by atoms with Gasteiger partial charge in [-0.2, -0.15) is 0 Å². The zero-order valence-electron chi connectivity index (χ0n) is 49.5. The molecule has 2 aromatic rings. The Morgan fingerprint density at radius 2 is 1.53 bits per heavy atom. The molecule has 1 saturated heterocycles. The van der Waals surface area contributed by atoms with Crippen molar-refractivity contribution in [2.45, 2.75) is 188 Å². The molecule has 1 unspecified atom stereocenters. The largest absolute Gasteiger partial charge is 0.445 e. The summed E-state index contributed by atoms with van der Waals surface area (Å²) >= 11 is 0. The topological polar surface area (TPSA) is 222 Å². The van der Waals surface area contributed by atoms with E-state index in [1.54, 1.807) is 68.0 Å². The maximum atomic E-state index is 14.8. The monoisotopic (exact) mass is 1100 g/mol. The Balaban J connectivity index is 1.44. The minimum atomic E-state index is -0.941. The Morgan fingerprint density at radius 1 is 0.823 bits per heavy atom. The van der Waals surface area contributed by atoms with Crippen molar-refractivity contribution in [2.24, 2.45) is 29.6 Å². The summed E-state index contributed by atoms with van der Waals surface area (Å²) in [7, 11) is 6.26. The van der Waals surface area contributed by atoms with E-state index in [9.17, 15) is 38.7 Å². The van der Waals surface area contributed by atoms with Gasteiger partial charge in [-0.1, -0.05) is 123 Å². The second kappa shape index (κ2) is 32.4. The number of amides is 5. The Morgan fingerprint density at radius 3 is 2.16 bits per heavy atom. The van der Waals surface area contributed by atoms with Gasteiger partial charge in [-0.3, -0.25) is 24.0 Å². The number of benzene rings is 2. The van der Waals surface area contributed by atoms with Gasteiger partial charge in [0.25, 0.3) is 0 Å². The molecular formula is C61H94N6O12.